The predicted octanol–water partition coefficient (Wildman–Crippen LogP) is 5.14. The van der Waals surface area contributed by atoms with Crippen molar-refractivity contribution in [2.45, 2.75) is 19.4 Å². The molecule has 0 saturated carbocycles. The number of ether oxygens (including phenoxy) is 1. The lowest BCUT2D eigenvalue weighted by molar-refractivity contribution is -0.117. The number of carbonyl (C=O) groups is 1. The van der Waals surface area contributed by atoms with Crippen LogP contribution < -0.4 is 15.6 Å². The lowest BCUT2D eigenvalue weighted by Gasteiger charge is -2.20. The molecule has 3 aromatic carbocycles. The van der Waals surface area contributed by atoms with Gasteiger partial charge in [0.25, 0.3) is 5.56 Å². The molecule has 0 saturated heterocycles. The topological polar surface area (TPSA) is 73.2 Å². The Kier molecular flexibility index (Phi) is 7.23. The molecule has 1 N–H and O–H groups in total. The van der Waals surface area contributed by atoms with E-state index in [4.69, 9.17) is 4.74 Å². The first-order valence-electron chi connectivity index (χ1n) is 10.8. The molecule has 0 unspecified atom stereocenters. The maximum absolute atomic E-state index is 13.6. The monoisotopic (exact) mass is 517 g/mol. The quantitative estimate of drug-likeness (QED) is 0.368. The van der Waals surface area contributed by atoms with Gasteiger partial charge in [0.05, 0.1) is 12.8 Å². The summed E-state index contributed by atoms with van der Waals surface area (Å²) in [5, 5.41) is 7.16. The maximum Gasteiger partial charge on any atom is 0.271 e. The number of aryl methyl sites for hydroxylation is 1. The fourth-order valence-corrected chi connectivity index (χ4v) is 4.17. The van der Waals surface area contributed by atoms with Gasteiger partial charge in [-0.1, -0.05) is 58.4 Å². The summed E-state index contributed by atoms with van der Waals surface area (Å²) in [7, 11) is 1.62. The number of hydrogen-bond donors (Lipinski definition) is 1. The fraction of sp³-hybridized carbons (Fsp3) is 0.148. The molecule has 34 heavy (non-hydrogen) atoms. The summed E-state index contributed by atoms with van der Waals surface area (Å²) in [6.45, 7) is 1.63. The average molecular weight is 518 g/mol. The summed E-state index contributed by atoms with van der Waals surface area (Å²) < 4.78 is 7.56. The molecule has 0 bridgehead atoms. The van der Waals surface area contributed by atoms with Gasteiger partial charge in [0, 0.05) is 21.6 Å². The molecule has 0 spiro atoms. The molecule has 0 fully saturated rings. The van der Waals surface area contributed by atoms with Crippen molar-refractivity contribution < 1.29 is 9.53 Å². The Morgan fingerprint density at radius 2 is 1.71 bits per heavy atom. The molecule has 1 atom stereocenters. The van der Waals surface area contributed by atoms with Crippen LogP contribution in [0, 0.1) is 6.92 Å². The highest BCUT2D eigenvalue weighted by Crippen LogP contribution is 2.32. The van der Waals surface area contributed by atoms with Crippen LogP contribution in [-0.4, -0.2) is 22.8 Å². The summed E-state index contributed by atoms with van der Waals surface area (Å²) in [4.78, 5) is 26.3. The molecule has 7 heteroatoms. The summed E-state index contributed by atoms with van der Waals surface area (Å²) in [5.41, 5.74) is 3.41. The summed E-state index contributed by atoms with van der Waals surface area (Å²) in [6.07, 6.45) is 0. The van der Waals surface area contributed by atoms with Crippen molar-refractivity contribution in [1.29, 1.82) is 0 Å². The molecule has 6 nitrogen and oxygen atoms in total. The number of anilines is 1. The Bertz CT molecular complexity index is 1350. The minimum absolute atomic E-state index is 0.191. The Labute approximate surface area is 206 Å². The SMILES string of the molecule is COc1cccc([C@@H](c2ccccc2)c2cc(C)nn(CC(=O)Nc3ccc(Br)cc3)c2=O)c1. The smallest absolute Gasteiger partial charge is 0.271 e. The predicted molar refractivity (Wildman–Crippen MR) is 136 cm³/mol. The van der Waals surface area contributed by atoms with Gasteiger partial charge in [0.2, 0.25) is 5.91 Å². The second-order valence-corrected chi connectivity index (χ2v) is 8.79. The first kappa shape index (κ1) is 23.4. The van der Waals surface area contributed by atoms with Crippen molar-refractivity contribution in [3.8, 4) is 5.75 Å². The number of halogens is 1. The molecule has 0 aliphatic carbocycles. The summed E-state index contributed by atoms with van der Waals surface area (Å²) >= 11 is 3.38. The van der Waals surface area contributed by atoms with Crippen LogP contribution in [0.4, 0.5) is 5.69 Å². The zero-order valence-corrected chi connectivity index (χ0v) is 20.5. The Balaban J connectivity index is 1.73. The number of aromatic nitrogens is 2. The van der Waals surface area contributed by atoms with E-state index in [9.17, 15) is 9.59 Å². The minimum atomic E-state index is -0.341. The Hall–Kier alpha value is -3.71. The third-order valence-electron chi connectivity index (χ3n) is 5.42. The number of amides is 1. The van der Waals surface area contributed by atoms with E-state index in [2.05, 4.69) is 26.3 Å². The van der Waals surface area contributed by atoms with Crippen molar-refractivity contribution in [1.82, 2.24) is 9.78 Å². The van der Waals surface area contributed by atoms with E-state index in [0.717, 1.165) is 15.6 Å². The number of hydrogen-bond acceptors (Lipinski definition) is 4. The molecule has 0 aliphatic rings. The minimum Gasteiger partial charge on any atom is -0.497 e. The second kappa shape index (κ2) is 10.5. The van der Waals surface area contributed by atoms with Gasteiger partial charge in [-0.15, -0.1) is 0 Å². The van der Waals surface area contributed by atoms with Crippen LogP contribution >= 0.6 is 15.9 Å². The van der Waals surface area contributed by atoms with E-state index < -0.39 is 0 Å². The van der Waals surface area contributed by atoms with Crippen LogP contribution in [0.1, 0.15) is 28.3 Å². The summed E-state index contributed by atoms with van der Waals surface area (Å²) in [5.74, 6) is 0.0378. The van der Waals surface area contributed by atoms with Gasteiger partial charge in [-0.2, -0.15) is 5.10 Å². The molecule has 0 aliphatic heterocycles. The van der Waals surface area contributed by atoms with Crippen LogP contribution in [-0.2, 0) is 11.3 Å². The van der Waals surface area contributed by atoms with Crippen molar-refractivity contribution in [2.75, 3.05) is 12.4 Å². The lowest BCUT2D eigenvalue weighted by Crippen LogP contribution is -2.33. The zero-order valence-electron chi connectivity index (χ0n) is 18.9. The second-order valence-electron chi connectivity index (χ2n) is 7.88. The zero-order chi connectivity index (χ0) is 24.1. The van der Waals surface area contributed by atoms with Crippen LogP contribution in [0.5, 0.6) is 5.75 Å². The first-order valence-corrected chi connectivity index (χ1v) is 11.6. The van der Waals surface area contributed by atoms with Gasteiger partial charge < -0.3 is 10.1 Å². The van der Waals surface area contributed by atoms with E-state index in [0.29, 0.717) is 22.7 Å². The van der Waals surface area contributed by atoms with E-state index >= 15 is 0 Å². The van der Waals surface area contributed by atoms with Crippen LogP contribution in [0.2, 0.25) is 0 Å². The molecule has 1 amide bonds. The van der Waals surface area contributed by atoms with E-state index in [1.165, 1.54) is 4.68 Å². The number of benzene rings is 3. The highest BCUT2D eigenvalue weighted by molar-refractivity contribution is 9.10. The van der Waals surface area contributed by atoms with Crippen molar-refractivity contribution >= 4 is 27.5 Å². The molecular weight excluding hydrogens is 494 g/mol. The Morgan fingerprint density at radius 1 is 1.00 bits per heavy atom. The number of nitrogens with one attached hydrogen (secondary N) is 1. The van der Waals surface area contributed by atoms with Crippen molar-refractivity contribution in [2.24, 2.45) is 0 Å². The number of nitrogens with zero attached hydrogens (tertiary/aromatic N) is 2. The van der Waals surface area contributed by atoms with Crippen LogP contribution in [0.3, 0.4) is 0 Å². The third-order valence-corrected chi connectivity index (χ3v) is 5.95. The van der Waals surface area contributed by atoms with Gasteiger partial charge in [-0.25, -0.2) is 4.68 Å². The molecule has 4 rings (SSSR count). The van der Waals surface area contributed by atoms with E-state index in [-0.39, 0.29) is 23.9 Å². The van der Waals surface area contributed by atoms with Crippen molar-refractivity contribution in [3.63, 3.8) is 0 Å². The van der Waals surface area contributed by atoms with Gasteiger partial charge in [0.1, 0.15) is 12.3 Å². The van der Waals surface area contributed by atoms with Crippen LogP contribution in [0.25, 0.3) is 0 Å². The van der Waals surface area contributed by atoms with Gasteiger partial charge >= 0.3 is 0 Å². The highest BCUT2D eigenvalue weighted by atomic mass is 79.9. The van der Waals surface area contributed by atoms with Crippen molar-refractivity contribution in [3.05, 3.63) is 122 Å². The largest absolute Gasteiger partial charge is 0.497 e. The first-order chi connectivity index (χ1) is 16.4. The van der Waals surface area contributed by atoms with Gasteiger partial charge in [-0.05, 0) is 60.5 Å². The normalized spacial score (nSPS) is 11.6. The Morgan fingerprint density at radius 3 is 2.41 bits per heavy atom. The van der Waals surface area contributed by atoms with Gasteiger partial charge in [-0.3, -0.25) is 9.59 Å². The average Bonchev–Trinajstić information content (AvgIpc) is 2.84. The molecule has 1 heterocycles. The number of carbonyl (C=O) groups excluding carboxylic acids is 1. The molecule has 172 valence electrons. The lowest BCUT2D eigenvalue weighted by atomic mass is 9.85. The molecule has 1 aromatic heterocycles. The molecule has 0 radical (unpaired) electrons. The van der Waals surface area contributed by atoms with E-state index in [1.54, 1.807) is 25.3 Å². The highest BCUT2D eigenvalue weighted by Gasteiger charge is 2.23. The standard InChI is InChI=1S/C27H24BrN3O3/c1-18-15-24(26(19-7-4-3-5-8-19)20-9-6-10-23(16-20)34-2)27(33)31(30-18)17-25(32)29-22-13-11-21(28)12-14-22/h3-16,26H,17H2,1-2H3,(H,29,32)/t26-/m1/s1. The third kappa shape index (κ3) is 5.43. The van der Waals surface area contributed by atoms with E-state index in [1.807, 2.05) is 73.7 Å². The number of rotatable bonds is 7. The molecular formula is C27H24BrN3O3. The van der Waals surface area contributed by atoms with Crippen LogP contribution in [0.15, 0.2) is 94.2 Å². The van der Waals surface area contributed by atoms with Gasteiger partial charge in [0.15, 0.2) is 0 Å². The molecule has 4 aromatic rings. The summed E-state index contributed by atoms with van der Waals surface area (Å²) in [6, 6.07) is 26.5. The fourth-order valence-electron chi connectivity index (χ4n) is 3.90. The maximum atomic E-state index is 13.6. The number of methoxy groups -OCH3 is 1.